The van der Waals surface area contributed by atoms with E-state index in [1.54, 1.807) is 0 Å². The van der Waals surface area contributed by atoms with Crippen molar-refractivity contribution in [2.75, 3.05) is 13.1 Å². The summed E-state index contributed by atoms with van der Waals surface area (Å²) in [4.78, 5) is 12.5. The molecule has 104 valence electrons. The van der Waals surface area contributed by atoms with Crippen molar-refractivity contribution in [3.63, 3.8) is 0 Å². The largest absolute Gasteiger partial charge is 0.349 e. The summed E-state index contributed by atoms with van der Waals surface area (Å²) in [5, 5.41) is 8.70. The van der Waals surface area contributed by atoms with Gasteiger partial charge in [-0.25, -0.2) is 0 Å². The number of hydrogen-bond donors (Lipinski definition) is 2. The molecule has 0 bridgehead atoms. The number of carbonyl (C=O) groups is 1. The van der Waals surface area contributed by atoms with Gasteiger partial charge in [0.05, 0.1) is 0 Å². The van der Waals surface area contributed by atoms with Gasteiger partial charge in [-0.05, 0) is 49.2 Å². The van der Waals surface area contributed by atoms with Gasteiger partial charge in [0.15, 0.2) is 0 Å². The minimum atomic E-state index is 0.0497. The first-order valence-corrected chi connectivity index (χ1v) is 7.34. The minimum Gasteiger partial charge on any atom is -0.349 e. The van der Waals surface area contributed by atoms with E-state index in [0.717, 1.165) is 48.7 Å². The van der Waals surface area contributed by atoms with Crippen molar-refractivity contribution in [1.29, 1.82) is 0 Å². The topological polar surface area (TPSA) is 41.1 Å². The fourth-order valence-corrected chi connectivity index (χ4v) is 2.85. The standard InChI is InChI=1S/C17H20N2O/c20-17(19-14-7-4-11-18-12-10-14)16-9-3-6-13-5-1-2-8-15(13)16/h1-3,5-6,8-9,14,18H,4,7,10-12H2,(H,19,20). The van der Waals surface area contributed by atoms with Gasteiger partial charge in [-0.1, -0.05) is 36.4 Å². The molecule has 0 spiro atoms. The number of benzene rings is 2. The molecule has 20 heavy (non-hydrogen) atoms. The van der Waals surface area contributed by atoms with Gasteiger partial charge in [-0.2, -0.15) is 0 Å². The highest BCUT2D eigenvalue weighted by molar-refractivity contribution is 6.07. The van der Waals surface area contributed by atoms with Gasteiger partial charge in [0.25, 0.3) is 5.91 Å². The summed E-state index contributed by atoms with van der Waals surface area (Å²) in [5.41, 5.74) is 0.778. The molecule has 3 nitrogen and oxygen atoms in total. The fourth-order valence-electron chi connectivity index (χ4n) is 2.85. The third kappa shape index (κ3) is 2.83. The zero-order valence-corrected chi connectivity index (χ0v) is 11.6. The first kappa shape index (κ1) is 13.1. The Balaban J connectivity index is 1.81. The Kier molecular flexibility index (Phi) is 3.97. The molecule has 0 aliphatic carbocycles. The van der Waals surface area contributed by atoms with E-state index < -0.39 is 0 Å². The molecule has 0 saturated carbocycles. The lowest BCUT2D eigenvalue weighted by atomic mass is 10.0. The quantitative estimate of drug-likeness (QED) is 0.879. The first-order chi connectivity index (χ1) is 9.84. The summed E-state index contributed by atoms with van der Waals surface area (Å²) in [7, 11) is 0. The third-order valence-electron chi connectivity index (χ3n) is 3.95. The summed E-state index contributed by atoms with van der Waals surface area (Å²) in [6, 6.07) is 14.2. The van der Waals surface area contributed by atoms with Gasteiger partial charge >= 0.3 is 0 Å². The molecule has 1 saturated heterocycles. The van der Waals surface area contributed by atoms with Crippen molar-refractivity contribution in [3.05, 3.63) is 48.0 Å². The Morgan fingerprint density at radius 3 is 2.85 bits per heavy atom. The van der Waals surface area contributed by atoms with Crippen LogP contribution in [-0.2, 0) is 0 Å². The molecular formula is C17H20N2O. The van der Waals surface area contributed by atoms with Crippen LogP contribution in [0, 0.1) is 0 Å². The molecular weight excluding hydrogens is 248 g/mol. The van der Waals surface area contributed by atoms with Crippen LogP contribution in [-0.4, -0.2) is 25.0 Å². The Morgan fingerprint density at radius 2 is 1.90 bits per heavy atom. The minimum absolute atomic E-state index is 0.0497. The van der Waals surface area contributed by atoms with Crippen LogP contribution >= 0.6 is 0 Å². The summed E-state index contributed by atoms with van der Waals surface area (Å²) in [6.45, 7) is 2.04. The molecule has 2 N–H and O–H groups in total. The van der Waals surface area contributed by atoms with Crippen LogP contribution in [0.2, 0.25) is 0 Å². The maximum atomic E-state index is 12.5. The Hall–Kier alpha value is -1.87. The third-order valence-corrected chi connectivity index (χ3v) is 3.95. The fraction of sp³-hybridized carbons (Fsp3) is 0.353. The molecule has 1 fully saturated rings. The molecule has 1 atom stereocenters. The SMILES string of the molecule is O=C(NC1CCCNCC1)c1cccc2ccccc12. The molecule has 3 heteroatoms. The van der Waals surface area contributed by atoms with Gasteiger partial charge < -0.3 is 10.6 Å². The van der Waals surface area contributed by atoms with Crippen molar-refractivity contribution in [3.8, 4) is 0 Å². The Bertz CT molecular complexity index is 595. The van der Waals surface area contributed by atoms with E-state index in [4.69, 9.17) is 0 Å². The van der Waals surface area contributed by atoms with Crippen LogP contribution in [0.15, 0.2) is 42.5 Å². The normalized spacial score (nSPS) is 19.5. The van der Waals surface area contributed by atoms with Crippen molar-refractivity contribution in [2.24, 2.45) is 0 Å². The molecule has 0 aromatic heterocycles. The number of carbonyl (C=O) groups excluding carboxylic acids is 1. The van der Waals surface area contributed by atoms with Gasteiger partial charge in [0, 0.05) is 11.6 Å². The van der Waals surface area contributed by atoms with Crippen LogP contribution in [0.1, 0.15) is 29.6 Å². The zero-order chi connectivity index (χ0) is 13.8. The first-order valence-electron chi connectivity index (χ1n) is 7.34. The van der Waals surface area contributed by atoms with Crippen LogP contribution < -0.4 is 10.6 Å². The molecule has 1 unspecified atom stereocenters. The second kappa shape index (κ2) is 6.06. The molecule has 1 heterocycles. The highest BCUT2D eigenvalue weighted by atomic mass is 16.1. The van der Waals surface area contributed by atoms with Crippen molar-refractivity contribution >= 4 is 16.7 Å². The van der Waals surface area contributed by atoms with E-state index in [1.807, 2.05) is 42.5 Å². The van der Waals surface area contributed by atoms with Crippen LogP contribution in [0.4, 0.5) is 0 Å². The molecule has 1 aliphatic heterocycles. The van der Waals surface area contributed by atoms with Crippen LogP contribution in [0.25, 0.3) is 10.8 Å². The van der Waals surface area contributed by atoms with Crippen molar-refractivity contribution in [2.45, 2.75) is 25.3 Å². The van der Waals surface area contributed by atoms with Crippen molar-refractivity contribution in [1.82, 2.24) is 10.6 Å². The van der Waals surface area contributed by atoms with E-state index in [2.05, 4.69) is 10.6 Å². The summed E-state index contributed by atoms with van der Waals surface area (Å²) < 4.78 is 0. The summed E-state index contributed by atoms with van der Waals surface area (Å²) >= 11 is 0. The number of amides is 1. The van der Waals surface area contributed by atoms with Gasteiger partial charge in [0.1, 0.15) is 0 Å². The molecule has 2 aromatic carbocycles. The number of hydrogen-bond acceptors (Lipinski definition) is 2. The number of nitrogens with one attached hydrogen (secondary N) is 2. The Morgan fingerprint density at radius 1 is 1.05 bits per heavy atom. The van der Waals surface area contributed by atoms with E-state index in [9.17, 15) is 4.79 Å². The van der Waals surface area contributed by atoms with E-state index in [-0.39, 0.29) is 11.9 Å². The zero-order valence-electron chi connectivity index (χ0n) is 11.6. The Labute approximate surface area is 119 Å². The van der Waals surface area contributed by atoms with Crippen LogP contribution in [0.3, 0.4) is 0 Å². The molecule has 3 rings (SSSR count). The lowest BCUT2D eigenvalue weighted by Gasteiger charge is -2.16. The summed E-state index contributed by atoms with van der Waals surface area (Å²) in [6.07, 6.45) is 3.19. The number of rotatable bonds is 2. The maximum Gasteiger partial charge on any atom is 0.252 e. The lowest BCUT2D eigenvalue weighted by molar-refractivity contribution is 0.0936. The molecule has 1 amide bonds. The lowest BCUT2D eigenvalue weighted by Crippen LogP contribution is -2.35. The molecule has 0 radical (unpaired) electrons. The average molecular weight is 268 g/mol. The maximum absolute atomic E-state index is 12.5. The highest BCUT2D eigenvalue weighted by Crippen LogP contribution is 2.19. The predicted molar refractivity (Wildman–Crippen MR) is 81.9 cm³/mol. The smallest absolute Gasteiger partial charge is 0.252 e. The van der Waals surface area contributed by atoms with Gasteiger partial charge in [-0.15, -0.1) is 0 Å². The predicted octanol–water partition coefficient (Wildman–Crippen LogP) is 2.71. The van der Waals surface area contributed by atoms with Gasteiger partial charge in [-0.3, -0.25) is 4.79 Å². The van der Waals surface area contributed by atoms with E-state index in [1.165, 1.54) is 0 Å². The van der Waals surface area contributed by atoms with E-state index >= 15 is 0 Å². The molecule has 1 aliphatic rings. The second-order valence-corrected chi connectivity index (χ2v) is 5.38. The highest BCUT2D eigenvalue weighted by Gasteiger charge is 2.16. The van der Waals surface area contributed by atoms with Gasteiger partial charge in [0.2, 0.25) is 0 Å². The van der Waals surface area contributed by atoms with Crippen LogP contribution in [0.5, 0.6) is 0 Å². The number of fused-ring (bicyclic) bond motifs is 1. The average Bonchev–Trinajstić information content (AvgIpc) is 2.75. The second-order valence-electron chi connectivity index (χ2n) is 5.38. The van der Waals surface area contributed by atoms with Crippen molar-refractivity contribution < 1.29 is 4.79 Å². The summed E-state index contributed by atoms with van der Waals surface area (Å²) in [5.74, 6) is 0.0497. The van der Waals surface area contributed by atoms with E-state index in [0.29, 0.717) is 0 Å². The molecule has 2 aromatic rings. The monoisotopic (exact) mass is 268 g/mol.